The van der Waals surface area contributed by atoms with Gasteiger partial charge in [-0.05, 0) is 66.5 Å². The lowest BCUT2D eigenvalue weighted by atomic mass is 10.1. The monoisotopic (exact) mass is 669 g/mol. The van der Waals surface area contributed by atoms with Crippen molar-refractivity contribution in [3.8, 4) is 0 Å². The number of ether oxygens (including phenoxy) is 1. The lowest BCUT2D eigenvalue weighted by Gasteiger charge is -2.35. The van der Waals surface area contributed by atoms with Gasteiger partial charge in [-0.15, -0.1) is 6.58 Å². The van der Waals surface area contributed by atoms with E-state index in [1.54, 1.807) is 6.08 Å². The fourth-order valence-corrected chi connectivity index (χ4v) is 3.90. The van der Waals surface area contributed by atoms with E-state index in [9.17, 15) is 17.6 Å². The van der Waals surface area contributed by atoms with Crippen molar-refractivity contribution < 1.29 is 32.5 Å². The maximum atomic E-state index is 13.0. The van der Waals surface area contributed by atoms with Crippen molar-refractivity contribution in [2.24, 2.45) is 4.99 Å². The van der Waals surface area contributed by atoms with E-state index in [0.29, 0.717) is 25.7 Å². The quantitative estimate of drug-likeness (QED) is 0.0328. The summed E-state index contributed by atoms with van der Waals surface area (Å²) in [5.41, 5.74) is 0.765. The first-order chi connectivity index (χ1) is 22.0. The average Bonchev–Trinajstić information content (AvgIpc) is 3.05. The van der Waals surface area contributed by atoms with Crippen molar-refractivity contribution in [2.75, 3.05) is 47.2 Å². The molecule has 1 heterocycles. The molecule has 2 atom stereocenters. The number of allylic oxidation sites excluding steroid dienone is 7. The predicted octanol–water partition coefficient (Wildman–Crippen LogP) is 8.45. The number of hydrogen-bond donors (Lipinski definition) is 3. The number of halogens is 4. The minimum absolute atomic E-state index is 0.0324. The van der Waals surface area contributed by atoms with Crippen LogP contribution in [0.1, 0.15) is 88.5 Å². The zero-order valence-electron chi connectivity index (χ0n) is 30.9. The zero-order chi connectivity index (χ0) is 37.1. The van der Waals surface area contributed by atoms with Crippen LogP contribution in [0.4, 0.5) is 17.6 Å². The van der Waals surface area contributed by atoms with Gasteiger partial charge in [0.2, 0.25) is 0 Å². The summed E-state index contributed by atoms with van der Waals surface area (Å²) in [5.74, 6) is 0.427. The molecule has 1 rings (SSSR count). The molecule has 0 saturated carbocycles. The molecule has 0 aromatic carbocycles. The summed E-state index contributed by atoms with van der Waals surface area (Å²) in [7, 11) is 2.00. The first kappa shape index (κ1) is 53.2. The summed E-state index contributed by atoms with van der Waals surface area (Å²) in [6.07, 6.45) is 6.12. The van der Waals surface area contributed by atoms with Crippen LogP contribution in [0.3, 0.4) is 0 Å². The van der Waals surface area contributed by atoms with E-state index < -0.39 is 18.4 Å². The highest BCUT2D eigenvalue weighted by atomic mass is 19.3. The Morgan fingerprint density at radius 2 is 1.52 bits per heavy atom. The molecule has 0 aromatic heterocycles. The van der Waals surface area contributed by atoms with Crippen molar-refractivity contribution in [3.05, 3.63) is 60.6 Å². The Balaban J connectivity index is -0.000000316. The molecule has 0 radical (unpaired) electrons. The maximum Gasteiger partial charge on any atom is 0.263 e. The standard InChI is InChI=1S/C24H40F2N4O.C5H8F2.2C2H6.2CH4O/c1-7-11-23(30(9-3)19(5)12-13-21(8-2)24(25)26)28-20(6)29-16-14-22(15-17-29)27-18-31-10-4;1-4(6)3-5(2)7;4*1-2/h7-8,12-13,20,22,24,27H,1-2,9-11,14-18H2,3-6H3;3-4H,1-2H3;2*1-2H3;2*2H,1H3/b19-12+,21-13+,28-23-;5-3+;;;;. The number of likely N-dealkylation sites (tertiary alicyclic amines) is 1. The van der Waals surface area contributed by atoms with Crippen LogP contribution in [-0.4, -0.2) is 97.8 Å². The van der Waals surface area contributed by atoms with Crippen molar-refractivity contribution in [1.82, 2.24) is 15.1 Å². The predicted molar refractivity (Wildman–Crippen MR) is 191 cm³/mol. The topological polar surface area (TPSA) is 80.6 Å². The SMILES string of the molecule is C/C(F)=C\C(C)F.C=CC/C(=N/C(C)N1CCC(NCOCC)CC1)N(CC)/C(C)=C/C=C(\C=C)C(F)F.CC.CC.CO.CO. The Morgan fingerprint density at radius 3 is 1.87 bits per heavy atom. The molecule has 1 aliphatic heterocycles. The lowest BCUT2D eigenvalue weighted by molar-refractivity contribution is 0.0964. The first-order valence-electron chi connectivity index (χ1n) is 16.2. The van der Waals surface area contributed by atoms with E-state index in [2.05, 4.69) is 35.2 Å². The third kappa shape index (κ3) is 29.1. The third-order valence-corrected chi connectivity index (χ3v) is 5.92. The van der Waals surface area contributed by atoms with Crippen LogP contribution < -0.4 is 5.32 Å². The molecule has 2 unspecified atom stereocenters. The van der Waals surface area contributed by atoms with Gasteiger partial charge >= 0.3 is 0 Å². The van der Waals surface area contributed by atoms with Crippen LogP contribution in [-0.2, 0) is 4.74 Å². The van der Waals surface area contributed by atoms with Gasteiger partial charge in [0.15, 0.2) is 0 Å². The van der Waals surface area contributed by atoms with Gasteiger partial charge in [-0.1, -0.05) is 52.5 Å². The van der Waals surface area contributed by atoms with Crippen molar-refractivity contribution in [3.63, 3.8) is 0 Å². The molecular formula is C35H68F4N4O3. The average molecular weight is 669 g/mol. The largest absolute Gasteiger partial charge is 0.400 e. The molecule has 0 amide bonds. The second-order valence-electron chi connectivity index (χ2n) is 8.98. The molecule has 274 valence electrons. The van der Waals surface area contributed by atoms with Crippen LogP contribution in [0.25, 0.3) is 0 Å². The molecular weight excluding hydrogens is 600 g/mol. The molecule has 46 heavy (non-hydrogen) atoms. The third-order valence-electron chi connectivity index (χ3n) is 5.92. The summed E-state index contributed by atoms with van der Waals surface area (Å²) in [6, 6.07) is 0.477. The Hall–Kier alpha value is -2.31. The summed E-state index contributed by atoms with van der Waals surface area (Å²) < 4.78 is 54.5. The van der Waals surface area contributed by atoms with Gasteiger partial charge in [0, 0.05) is 64.2 Å². The Morgan fingerprint density at radius 1 is 1.00 bits per heavy atom. The van der Waals surface area contributed by atoms with Crippen molar-refractivity contribution >= 4 is 5.84 Å². The highest BCUT2D eigenvalue weighted by Crippen LogP contribution is 2.17. The van der Waals surface area contributed by atoms with Gasteiger partial charge in [0.05, 0.1) is 12.6 Å². The fourth-order valence-electron chi connectivity index (χ4n) is 3.90. The van der Waals surface area contributed by atoms with E-state index in [0.717, 1.165) is 64.4 Å². The minimum atomic E-state index is -2.54. The summed E-state index contributed by atoms with van der Waals surface area (Å²) >= 11 is 0. The van der Waals surface area contributed by atoms with Crippen LogP contribution >= 0.6 is 0 Å². The normalized spacial score (nSPS) is 15.5. The van der Waals surface area contributed by atoms with Crippen LogP contribution in [0, 0.1) is 0 Å². The molecule has 0 aromatic rings. The van der Waals surface area contributed by atoms with Gasteiger partial charge < -0.3 is 19.8 Å². The van der Waals surface area contributed by atoms with Crippen LogP contribution in [0.5, 0.6) is 0 Å². The van der Waals surface area contributed by atoms with Crippen LogP contribution in [0.15, 0.2) is 65.6 Å². The number of hydrogen-bond acceptors (Lipinski definition) is 6. The maximum absolute atomic E-state index is 13.0. The zero-order valence-corrected chi connectivity index (χ0v) is 30.9. The molecule has 0 aliphatic carbocycles. The Kier molecular flexibility index (Phi) is 44.9. The first-order valence-corrected chi connectivity index (χ1v) is 16.2. The van der Waals surface area contributed by atoms with E-state index in [4.69, 9.17) is 19.9 Å². The smallest absolute Gasteiger partial charge is 0.263 e. The Labute approximate surface area is 279 Å². The van der Waals surface area contributed by atoms with Crippen LogP contribution in [0.2, 0.25) is 0 Å². The minimum Gasteiger partial charge on any atom is -0.400 e. The lowest BCUT2D eigenvalue weighted by Crippen LogP contribution is -2.46. The molecule has 0 bridgehead atoms. The molecule has 0 spiro atoms. The number of amidine groups is 1. The highest BCUT2D eigenvalue weighted by Gasteiger charge is 2.23. The highest BCUT2D eigenvalue weighted by molar-refractivity contribution is 5.85. The molecule has 3 N–H and O–H groups in total. The number of nitrogens with zero attached hydrogens (tertiary/aromatic N) is 3. The summed E-state index contributed by atoms with van der Waals surface area (Å²) in [6.45, 7) is 29.8. The van der Waals surface area contributed by atoms with Gasteiger partial charge in [0.25, 0.3) is 6.43 Å². The fraction of sp³-hybridized carbons (Fsp3) is 0.686. The number of alkyl halides is 3. The van der Waals surface area contributed by atoms with Gasteiger partial charge in [0.1, 0.15) is 18.2 Å². The Bertz CT molecular complexity index is 808. The number of aliphatic hydroxyl groups is 2. The van der Waals surface area contributed by atoms with Gasteiger partial charge in [-0.3, -0.25) is 15.2 Å². The molecule has 1 saturated heterocycles. The van der Waals surface area contributed by atoms with E-state index in [1.807, 2.05) is 54.5 Å². The van der Waals surface area contributed by atoms with Gasteiger partial charge in [-0.25, -0.2) is 17.6 Å². The molecule has 11 heteroatoms. The second kappa shape index (κ2) is 38.9. The van der Waals surface area contributed by atoms with E-state index in [1.165, 1.54) is 26.0 Å². The van der Waals surface area contributed by atoms with E-state index in [-0.39, 0.29) is 11.7 Å². The number of nitrogens with one attached hydrogen (secondary N) is 1. The van der Waals surface area contributed by atoms with E-state index >= 15 is 0 Å². The molecule has 1 fully saturated rings. The summed E-state index contributed by atoms with van der Waals surface area (Å²) in [5, 5.41) is 17.4. The second-order valence-corrected chi connectivity index (χ2v) is 8.98. The molecule has 7 nitrogen and oxygen atoms in total. The van der Waals surface area contributed by atoms with Gasteiger partial charge in [-0.2, -0.15) is 0 Å². The van der Waals surface area contributed by atoms with Crippen molar-refractivity contribution in [1.29, 1.82) is 0 Å². The number of piperidine rings is 1. The number of aliphatic hydroxyl groups excluding tert-OH is 2. The number of rotatable bonds is 14. The number of aliphatic imine (C=N–C) groups is 1. The summed E-state index contributed by atoms with van der Waals surface area (Å²) in [4.78, 5) is 9.42. The molecule has 1 aliphatic rings. The van der Waals surface area contributed by atoms with Crippen molar-refractivity contribution in [2.45, 2.75) is 113 Å².